The van der Waals surface area contributed by atoms with Gasteiger partial charge >= 0.3 is 0 Å². The van der Waals surface area contributed by atoms with Crippen molar-refractivity contribution in [2.75, 3.05) is 5.73 Å². The number of hydrogen-bond acceptors (Lipinski definition) is 2. The predicted octanol–water partition coefficient (Wildman–Crippen LogP) is 4.05. The SMILES string of the molecule is CCCc1nc(C2CCC(C)CC2)c(N)n1C1CC1. The first-order chi connectivity index (χ1) is 9.20. The van der Waals surface area contributed by atoms with Crippen LogP contribution in [-0.4, -0.2) is 9.55 Å². The van der Waals surface area contributed by atoms with E-state index in [-0.39, 0.29) is 0 Å². The van der Waals surface area contributed by atoms with Crippen LogP contribution in [-0.2, 0) is 6.42 Å². The highest BCUT2D eigenvalue weighted by Crippen LogP contribution is 2.43. The maximum atomic E-state index is 6.44. The van der Waals surface area contributed by atoms with Crippen LogP contribution in [0.25, 0.3) is 0 Å². The molecule has 1 aromatic rings. The van der Waals surface area contributed by atoms with Gasteiger partial charge in [-0.3, -0.25) is 0 Å². The van der Waals surface area contributed by atoms with Crippen LogP contribution in [0.3, 0.4) is 0 Å². The zero-order valence-electron chi connectivity index (χ0n) is 12.4. The molecule has 2 aliphatic carbocycles. The second kappa shape index (κ2) is 5.18. The maximum Gasteiger partial charge on any atom is 0.127 e. The number of imidazole rings is 1. The summed E-state index contributed by atoms with van der Waals surface area (Å²) in [6.45, 7) is 4.59. The zero-order chi connectivity index (χ0) is 13.4. The summed E-state index contributed by atoms with van der Waals surface area (Å²) in [6.07, 6.45) is 10.0. The second-order valence-electron chi connectivity index (χ2n) is 6.61. The highest BCUT2D eigenvalue weighted by molar-refractivity contribution is 5.42. The van der Waals surface area contributed by atoms with E-state index in [2.05, 4.69) is 18.4 Å². The molecule has 0 spiro atoms. The van der Waals surface area contributed by atoms with Gasteiger partial charge in [0.25, 0.3) is 0 Å². The van der Waals surface area contributed by atoms with Crippen LogP contribution in [0, 0.1) is 5.92 Å². The largest absolute Gasteiger partial charge is 0.384 e. The molecule has 2 fully saturated rings. The molecule has 2 saturated carbocycles. The second-order valence-corrected chi connectivity index (χ2v) is 6.61. The third kappa shape index (κ3) is 2.52. The minimum atomic E-state index is 0.617. The van der Waals surface area contributed by atoms with Crippen LogP contribution < -0.4 is 5.73 Å². The maximum absolute atomic E-state index is 6.44. The molecule has 19 heavy (non-hydrogen) atoms. The fourth-order valence-corrected chi connectivity index (χ4v) is 3.49. The van der Waals surface area contributed by atoms with Gasteiger partial charge in [0.05, 0.1) is 5.69 Å². The Morgan fingerprint density at radius 1 is 1.16 bits per heavy atom. The van der Waals surface area contributed by atoms with Gasteiger partial charge in [0.15, 0.2) is 0 Å². The number of nitrogens with zero attached hydrogens (tertiary/aromatic N) is 2. The normalized spacial score (nSPS) is 27.7. The van der Waals surface area contributed by atoms with E-state index in [9.17, 15) is 0 Å². The topological polar surface area (TPSA) is 43.8 Å². The Labute approximate surface area is 116 Å². The quantitative estimate of drug-likeness (QED) is 0.888. The lowest BCUT2D eigenvalue weighted by Gasteiger charge is -2.25. The first kappa shape index (κ1) is 13.0. The summed E-state index contributed by atoms with van der Waals surface area (Å²) in [5.74, 6) is 3.74. The van der Waals surface area contributed by atoms with Crippen LogP contribution in [0.4, 0.5) is 5.82 Å². The first-order valence-electron chi connectivity index (χ1n) is 8.07. The molecular formula is C16H27N3. The molecule has 2 aliphatic rings. The van der Waals surface area contributed by atoms with Crippen molar-refractivity contribution in [3.8, 4) is 0 Å². The molecular weight excluding hydrogens is 234 g/mol. The Kier molecular flexibility index (Phi) is 3.55. The third-order valence-corrected chi connectivity index (χ3v) is 4.84. The molecule has 2 N–H and O–H groups in total. The molecule has 0 radical (unpaired) electrons. The Hall–Kier alpha value is -0.990. The van der Waals surface area contributed by atoms with E-state index in [1.165, 1.54) is 50.0 Å². The van der Waals surface area contributed by atoms with Crippen LogP contribution in [0.5, 0.6) is 0 Å². The number of hydrogen-bond donors (Lipinski definition) is 1. The van der Waals surface area contributed by atoms with Crippen molar-refractivity contribution in [2.24, 2.45) is 5.92 Å². The minimum Gasteiger partial charge on any atom is -0.384 e. The van der Waals surface area contributed by atoms with E-state index >= 15 is 0 Å². The van der Waals surface area contributed by atoms with E-state index in [4.69, 9.17) is 10.7 Å². The van der Waals surface area contributed by atoms with Crippen molar-refractivity contribution in [2.45, 2.75) is 77.2 Å². The number of aryl methyl sites for hydroxylation is 1. The van der Waals surface area contributed by atoms with Gasteiger partial charge in [-0.2, -0.15) is 0 Å². The highest BCUT2D eigenvalue weighted by atomic mass is 15.2. The molecule has 3 rings (SSSR count). The van der Waals surface area contributed by atoms with Gasteiger partial charge in [0, 0.05) is 18.4 Å². The molecule has 0 amide bonds. The summed E-state index contributed by atoms with van der Waals surface area (Å²) in [5.41, 5.74) is 7.67. The number of anilines is 1. The van der Waals surface area contributed by atoms with Gasteiger partial charge in [-0.1, -0.05) is 26.7 Å². The van der Waals surface area contributed by atoms with Gasteiger partial charge < -0.3 is 10.3 Å². The van der Waals surface area contributed by atoms with Crippen molar-refractivity contribution in [3.05, 3.63) is 11.5 Å². The Balaban J connectivity index is 1.86. The van der Waals surface area contributed by atoms with E-state index in [1.54, 1.807) is 0 Å². The highest BCUT2D eigenvalue weighted by Gasteiger charge is 2.32. The molecule has 1 heterocycles. The smallest absolute Gasteiger partial charge is 0.127 e. The lowest BCUT2D eigenvalue weighted by molar-refractivity contribution is 0.345. The van der Waals surface area contributed by atoms with Crippen molar-refractivity contribution in [1.29, 1.82) is 0 Å². The molecule has 0 unspecified atom stereocenters. The van der Waals surface area contributed by atoms with Gasteiger partial charge in [-0.25, -0.2) is 4.98 Å². The Morgan fingerprint density at radius 3 is 2.42 bits per heavy atom. The molecule has 0 bridgehead atoms. The summed E-state index contributed by atoms with van der Waals surface area (Å²) in [6, 6.07) is 0.658. The van der Waals surface area contributed by atoms with E-state index in [1.807, 2.05) is 0 Å². The van der Waals surface area contributed by atoms with E-state index in [0.29, 0.717) is 12.0 Å². The monoisotopic (exact) mass is 261 g/mol. The fraction of sp³-hybridized carbons (Fsp3) is 0.812. The summed E-state index contributed by atoms with van der Waals surface area (Å²) >= 11 is 0. The van der Waals surface area contributed by atoms with Gasteiger partial charge in [-0.15, -0.1) is 0 Å². The van der Waals surface area contributed by atoms with Crippen molar-refractivity contribution in [3.63, 3.8) is 0 Å². The van der Waals surface area contributed by atoms with Crippen molar-refractivity contribution < 1.29 is 0 Å². The Morgan fingerprint density at radius 2 is 1.84 bits per heavy atom. The first-order valence-corrected chi connectivity index (χ1v) is 8.07. The molecule has 106 valence electrons. The zero-order valence-corrected chi connectivity index (χ0v) is 12.4. The Bertz CT molecular complexity index is 437. The lowest BCUT2D eigenvalue weighted by Crippen LogP contribution is -2.13. The molecule has 1 aromatic heterocycles. The third-order valence-electron chi connectivity index (χ3n) is 4.84. The number of aromatic nitrogens is 2. The number of rotatable bonds is 4. The van der Waals surface area contributed by atoms with Crippen LogP contribution in [0.15, 0.2) is 0 Å². The lowest BCUT2D eigenvalue weighted by atomic mass is 9.81. The predicted molar refractivity (Wildman–Crippen MR) is 79.3 cm³/mol. The number of nitrogen functional groups attached to an aromatic ring is 1. The molecule has 3 heteroatoms. The summed E-state index contributed by atoms with van der Waals surface area (Å²) in [4.78, 5) is 4.95. The van der Waals surface area contributed by atoms with Crippen molar-refractivity contribution in [1.82, 2.24) is 9.55 Å². The van der Waals surface area contributed by atoms with Gasteiger partial charge in [-0.05, 0) is 38.0 Å². The van der Waals surface area contributed by atoms with Crippen molar-refractivity contribution >= 4 is 5.82 Å². The van der Waals surface area contributed by atoms with Gasteiger partial charge in [0.2, 0.25) is 0 Å². The average molecular weight is 261 g/mol. The summed E-state index contributed by atoms with van der Waals surface area (Å²) in [5, 5.41) is 0. The summed E-state index contributed by atoms with van der Waals surface area (Å²) < 4.78 is 2.36. The van der Waals surface area contributed by atoms with Crippen LogP contribution >= 0.6 is 0 Å². The molecule has 3 nitrogen and oxygen atoms in total. The van der Waals surface area contributed by atoms with E-state index in [0.717, 1.165) is 24.6 Å². The standard InChI is InChI=1S/C16H27N3/c1-3-4-14-18-15(12-7-5-11(2)6-8-12)16(17)19(14)13-9-10-13/h11-13H,3-10,17H2,1-2H3. The van der Waals surface area contributed by atoms with Crippen LogP contribution in [0.1, 0.15) is 82.3 Å². The van der Waals surface area contributed by atoms with Gasteiger partial charge in [0.1, 0.15) is 11.6 Å². The molecule has 0 aliphatic heterocycles. The summed E-state index contributed by atoms with van der Waals surface area (Å²) in [7, 11) is 0. The molecule has 0 saturated heterocycles. The molecule has 0 aromatic carbocycles. The fourth-order valence-electron chi connectivity index (χ4n) is 3.49. The molecule has 0 atom stereocenters. The van der Waals surface area contributed by atoms with Crippen LogP contribution in [0.2, 0.25) is 0 Å². The van der Waals surface area contributed by atoms with E-state index < -0.39 is 0 Å². The average Bonchev–Trinajstić information content (AvgIpc) is 3.17. The number of nitrogens with two attached hydrogens (primary N) is 1. The minimum absolute atomic E-state index is 0.617.